The molecule has 0 aliphatic carbocycles. The highest BCUT2D eigenvalue weighted by atomic mass is 32.2. The first-order chi connectivity index (χ1) is 13.4. The van der Waals surface area contributed by atoms with Gasteiger partial charge in [0.15, 0.2) is 0 Å². The smallest absolute Gasteiger partial charge is 0.414 e. The van der Waals surface area contributed by atoms with Crippen molar-refractivity contribution in [1.82, 2.24) is 9.97 Å². The van der Waals surface area contributed by atoms with E-state index < -0.39 is 11.9 Å². The number of nitrogens with zero attached hydrogens (tertiary/aromatic N) is 2. The summed E-state index contributed by atoms with van der Waals surface area (Å²) in [5, 5.41) is 18.3. The monoisotopic (exact) mass is 403 g/mol. The number of fused-ring (bicyclic) bond motifs is 1. The van der Waals surface area contributed by atoms with Crippen molar-refractivity contribution in [2.45, 2.75) is 38.0 Å². The predicted octanol–water partition coefficient (Wildman–Crippen LogP) is 3.33. The Kier molecular flexibility index (Phi) is 8.25. The average Bonchev–Trinajstić information content (AvgIpc) is 2.67. The molecule has 1 aliphatic rings. The van der Waals surface area contributed by atoms with Crippen LogP contribution < -0.4 is 5.32 Å². The van der Waals surface area contributed by atoms with E-state index in [0.29, 0.717) is 5.92 Å². The lowest BCUT2D eigenvalue weighted by Gasteiger charge is -2.20. The van der Waals surface area contributed by atoms with E-state index in [4.69, 9.17) is 29.8 Å². The molecule has 1 aromatic carbocycles. The molecule has 2 heterocycles. The summed E-state index contributed by atoms with van der Waals surface area (Å²) < 4.78 is 0. The van der Waals surface area contributed by atoms with Gasteiger partial charge in [0, 0.05) is 13.0 Å². The number of anilines is 1. The number of aromatic nitrogens is 2. The van der Waals surface area contributed by atoms with Crippen molar-refractivity contribution in [2.75, 3.05) is 17.6 Å². The van der Waals surface area contributed by atoms with Crippen LogP contribution in [0.15, 0.2) is 35.2 Å². The molecule has 3 N–H and O–H groups in total. The van der Waals surface area contributed by atoms with E-state index in [1.165, 1.54) is 28.3 Å². The van der Waals surface area contributed by atoms with E-state index in [1.54, 1.807) is 0 Å². The third-order valence-corrected chi connectivity index (χ3v) is 5.06. The van der Waals surface area contributed by atoms with E-state index in [1.807, 2.05) is 17.8 Å². The Bertz CT molecular complexity index is 801. The number of nitrogens with one attached hydrogen (secondary N) is 1. The Morgan fingerprint density at radius 1 is 1.14 bits per heavy atom. The van der Waals surface area contributed by atoms with Crippen LogP contribution in [0.2, 0.25) is 0 Å². The summed E-state index contributed by atoms with van der Waals surface area (Å²) in [6.07, 6.45) is 3.08. The van der Waals surface area contributed by atoms with Gasteiger partial charge in [0.05, 0.1) is 10.6 Å². The van der Waals surface area contributed by atoms with Crippen molar-refractivity contribution >= 4 is 29.5 Å². The molecule has 0 fully saturated rings. The van der Waals surface area contributed by atoms with Crippen LogP contribution in [0.5, 0.6) is 0 Å². The van der Waals surface area contributed by atoms with Gasteiger partial charge in [-0.05, 0) is 30.1 Å². The molecule has 0 atom stereocenters. The first-order valence-corrected chi connectivity index (χ1v) is 10.1. The fraction of sp³-hybridized carbons (Fsp3) is 0.400. The molecule has 0 bridgehead atoms. The molecule has 0 radical (unpaired) electrons. The van der Waals surface area contributed by atoms with Crippen LogP contribution >= 0.6 is 11.8 Å². The highest BCUT2D eigenvalue weighted by Crippen LogP contribution is 2.34. The minimum absolute atomic E-state index is 0.608. The normalized spacial score (nSPS) is 12.5. The summed E-state index contributed by atoms with van der Waals surface area (Å²) in [5.41, 5.74) is 2.49. The zero-order chi connectivity index (χ0) is 20.5. The molecule has 1 aliphatic heterocycles. The van der Waals surface area contributed by atoms with Crippen molar-refractivity contribution in [1.29, 1.82) is 0 Å². The van der Waals surface area contributed by atoms with Gasteiger partial charge in [-0.3, -0.25) is 0 Å². The summed E-state index contributed by atoms with van der Waals surface area (Å²) in [7, 11) is 0. The number of carbonyl (C=O) groups is 2. The molecule has 0 saturated heterocycles. The number of rotatable bonds is 5. The molecule has 1 aromatic heterocycles. The van der Waals surface area contributed by atoms with Gasteiger partial charge in [0.2, 0.25) is 0 Å². The molecule has 2 aromatic rings. The fourth-order valence-electron chi connectivity index (χ4n) is 2.56. The number of aliphatic carboxylic acids is 2. The van der Waals surface area contributed by atoms with Crippen LogP contribution in [0, 0.1) is 5.92 Å². The minimum atomic E-state index is -1.82. The minimum Gasteiger partial charge on any atom is -0.473 e. The second-order valence-corrected chi connectivity index (χ2v) is 7.87. The van der Waals surface area contributed by atoms with Crippen LogP contribution in [0.3, 0.4) is 0 Å². The van der Waals surface area contributed by atoms with Crippen LogP contribution in [0.1, 0.15) is 37.4 Å². The lowest BCUT2D eigenvalue weighted by atomic mass is 10.1. The number of carboxylic acid groups (broad SMARTS) is 2. The van der Waals surface area contributed by atoms with E-state index in [9.17, 15) is 0 Å². The average molecular weight is 404 g/mol. The standard InChI is InChI=1S/C18H23N3S.C2H2O4/c1-13(2)12-19-18-17-15(9-6-10-22-17)20-16(21-18)11-14-7-4-3-5-8-14;3-1(4)2(5)6/h3-5,7-8,13H,6,9-12H2,1-2H3,(H,19,20,21);(H,3,4)(H,5,6). The van der Waals surface area contributed by atoms with Crippen LogP contribution in [0.4, 0.5) is 5.82 Å². The van der Waals surface area contributed by atoms with Gasteiger partial charge in [-0.15, -0.1) is 11.8 Å². The van der Waals surface area contributed by atoms with Crippen LogP contribution in [0.25, 0.3) is 0 Å². The summed E-state index contributed by atoms with van der Waals surface area (Å²) in [6.45, 7) is 5.39. The maximum absolute atomic E-state index is 9.10. The molecule has 150 valence electrons. The van der Waals surface area contributed by atoms with Gasteiger partial charge in [0.1, 0.15) is 11.6 Å². The maximum atomic E-state index is 9.10. The number of aryl methyl sites for hydroxylation is 1. The Balaban J connectivity index is 0.000000409. The number of thioether (sulfide) groups is 1. The summed E-state index contributed by atoms with van der Waals surface area (Å²) in [4.78, 5) is 29.1. The quantitative estimate of drug-likeness (QED) is 0.652. The van der Waals surface area contributed by atoms with Crippen molar-refractivity contribution in [3.63, 3.8) is 0 Å². The van der Waals surface area contributed by atoms with Gasteiger partial charge in [-0.25, -0.2) is 19.6 Å². The van der Waals surface area contributed by atoms with Crippen molar-refractivity contribution in [2.24, 2.45) is 5.92 Å². The summed E-state index contributed by atoms with van der Waals surface area (Å²) >= 11 is 1.89. The van der Waals surface area contributed by atoms with Crippen molar-refractivity contribution in [3.05, 3.63) is 47.4 Å². The molecule has 0 spiro atoms. The third-order valence-electron chi connectivity index (χ3n) is 3.85. The Hall–Kier alpha value is -2.61. The lowest BCUT2D eigenvalue weighted by molar-refractivity contribution is -0.159. The lowest BCUT2D eigenvalue weighted by Crippen LogP contribution is -2.15. The summed E-state index contributed by atoms with van der Waals surface area (Å²) in [6, 6.07) is 10.5. The van der Waals surface area contributed by atoms with E-state index >= 15 is 0 Å². The molecule has 0 saturated carbocycles. The van der Waals surface area contributed by atoms with Gasteiger partial charge in [-0.2, -0.15) is 0 Å². The molecule has 7 nitrogen and oxygen atoms in total. The first kappa shape index (κ1) is 21.7. The predicted molar refractivity (Wildman–Crippen MR) is 109 cm³/mol. The van der Waals surface area contributed by atoms with Gasteiger partial charge in [-0.1, -0.05) is 44.2 Å². The number of hydrogen-bond acceptors (Lipinski definition) is 6. The topological polar surface area (TPSA) is 112 Å². The Labute approximate surface area is 168 Å². The van der Waals surface area contributed by atoms with Gasteiger partial charge in [0.25, 0.3) is 0 Å². The highest BCUT2D eigenvalue weighted by molar-refractivity contribution is 7.99. The maximum Gasteiger partial charge on any atom is 0.414 e. The molecule has 28 heavy (non-hydrogen) atoms. The summed E-state index contributed by atoms with van der Waals surface area (Å²) in [5.74, 6) is 0.0971. The Morgan fingerprint density at radius 2 is 1.82 bits per heavy atom. The zero-order valence-electron chi connectivity index (χ0n) is 16.0. The molecular formula is C20H25N3O4S. The molecule has 0 amide bonds. The SMILES string of the molecule is CC(C)CNc1nc(Cc2ccccc2)nc2c1SCCC2.O=C(O)C(=O)O. The molecule has 0 unspecified atom stereocenters. The molecule has 8 heteroatoms. The van der Waals surface area contributed by atoms with Crippen molar-refractivity contribution < 1.29 is 19.8 Å². The van der Waals surface area contributed by atoms with E-state index in [0.717, 1.165) is 31.0 Å². The molecular weight excluding hydrogens is 378 g/mol. The third kappa shape index (κ3) is 6.84. The van der Waals surface area contributed by atoms with E-state index in [2.05, 4.69) is 43.4 Å². The first-order valence-electron chi connectivity index (χ1n) is 9.13. The zero-order valence-corrected chi connectivity index (χ0v) is 16.8. The number of benzene rings is 1. The van der Waals surface area contributed by atoms with Gasteiger partial charge < -0.3 is 15.5 Å². The largest absolute Gasteiger partial charge is 0.473 e. The van der Waals surface area contributed by atoms with E-state index in [-0.39, 0.29) is 0 Å². The fourth-order valence-corrected chi connectivity index (χ4v) is 3.62. The highest BCUT2D eigenvalue weighted by Gasteiger charge is 2.18. The molecule has 3 rings (SSSR count). The number of hydrogen-bond donors (Lipinski definition) is 3. The van der Waals surface area contributed by atoms with Crippen molar-refractivity contribution in [3.8, 4) is 0 Å². The second-order valence-electron chi connectivity index (χ2n) is 6.76. The van der Waals surface area contributed by atoms with Gasteiger partial charge >= 0.3 is 11.9 Å². The second kappa shape index (κ2) is 10.7. The number of carboxylic acids is 2. The van der Waals surface area contributed by atoms with Crippen LogP contribution in [-0.4, -0.2) is 44.4 Å². The van der Waals surface area contributed by atoms with Crippen LogP contribution in [-0.2, 0) is 22.4 Å². The Morgan fingerprint density at radius 3 is 2.43 bits per heavy atom.